The molecule has 0 radical (unpaired) electrons. The summed E-state index contributed by atoms with van der Waals surface area (Å²) in [6, 6.07) is 22.3. The summed E-state index contributed by atoms with van der Waals surface area (Å²) in [5, 5.41) is 6.70. The summed E-state index contributed by atoms with van der Waals surface area (Å²) < 4.78 is 5.47. The fraction of sp³-hybridized carbons (Fsp3) is 0. The molecule has 0 aliphatic heterocycles. The largest absolute Gasteiger partial charge is 0.422 e. The first-order chi connectivity index (χ1) is 14.7. The molecular weight excluding hydrogens is 416 g/mol. The molecule has 0 fully saturated rings. The molecule has 30 heavy (non-hydrogen) atoms. The highest BCUT2D eigenvalue weighted by Crippen LogP contribution is 2.38. The Kier molecular flexibility index (Phi) is 4.74. The monoisotopic (exact) mass is 430 g/mol. The van der Waals surface area contributed by atoms with Crippen molar-refractivity contribution in [2.45, 2.75) is 0 Å². The van der Waals surface area contributed by atoms with Crippen molar-refractivity contribution in [1.29, 1.82) is 0 Å². The Balaban J connectivity index is 1.63. The molecule has 7 heteroatoms. The molecule has 146 valence electrons. The van der Waals surface area contributed by atoms with Gasteiger partial charge in [-0.2, -0.15) is 0 Å². The molecule has 1 amide bonds. The minimum Gasteiger partial charge on any atom is -0.422 e. The van der Waals surface area contributed by atoms with Crippen molar-refractivity contribution in [3.63, 3.8) is 0 Å². The van der Waals surface area contributed by atoms with Gasteiger partial charge in [0.05, 0.1) is 10.4 Å². The van der Waals surface area contributed by atoms with Gasteiger partial charge in [0.1, 0.15) is 21.3 Å². The molecule has 0 aliphatic rings. The van der Waals surface area contributed by atoms with Gasteiger partial charge < -0.3 is 9.73 Å². The molecule has 3 heterocycles. The van der Waals surface area contributed by atoms with E-state index in [0.29, 0.717) is 31.7 Å². The molecule has 0 saturated carbocycles. The van der Waals surface area contributed by atoms with Gasteiger partial charge in [-0.15, -0.1) is 11.3 Å². The van der Waals surface area contributed by atoms with E-state index in [4.69, 9.17) is 9.40 Å². The third-order valence-electron chi connectivity index (χ3n) is 4.52. The molecule has 0 bridgehead atoms. The fourth-order valence-electron chi connectivity index (χ4n) is 3.10. The Bertz CT molecular complexity index is 1400. The van der Waals surface area contributed by atoms with E-state index < -0.39 is 5.63 Å². The van der Waals surface area contributed by atoms with Crippen LogP contribution in [0.4, 0.5) is 5.00 Å². The Morgan fingerprint density at radius 3 is 2.57 bits per heavy atom. The molecule has 2 aromatic carbocycles. The summed E-state index contributed by atoms with van der Waals surface area (Å²) in [6.07, 6.45) is 0. The van der Waals surface area contributed by atoms with E-state index in [2.05, 4.69) is 5.32 Å². The summed E-state index contributed by atoms with van der Waals surface area (Å²) in [6.45, 7) is 0. The molecule has 3 aromatic heterocycles. The summed E-state index contributed by atoms with van der Waals surface area (Å²) in [5.41, 5.74) is 1.91. The standard InChI is InChI=1S/C23H14N2O3S2/c26-20(18-11-6-12-29-18)25-22-19(14-7-2-1-3-8-14)24-21(30-22)16-13-15-9-4-5-10-17(15)28-23(16)27/h1-13H,(H,25,26). The Labute approximate surface area is 179 Å². The topological polar surface area (TPSA) is 72.2 Å². The van der Waals surface area contributed by atoms with Gasteiger partial charge in [0.15, 0.2) is 0 Å². The molecule has 0 unspecified atom stereocenters. The van der Waals surface area contributed by atoms with E-state index in [1.165, 1.54) is 22.7 Å². The zero-order valence-corrected chi connectivity index (χ0v) is 17.1. The van der Waals surface area contributed by atoms with Gasteiger partial charge in [-0.05, 0) is 23.6 Å². The quantitative estimate of drug-likeness (QED) is 0.361. The fourth-order valence-corrected chi connectivity index (χ4v) is 4.70. The second kappa shape index (κ2) is 7.70. The lowest BCUT2D eigenvalue weighted by Crippen LogP contribution is -2.09. The molecule has 0 aliphatic carbocycles. The molecule has 0 saturated heterocycles. The maximum absolute atomic E-state index is 12.6. The van der Waals surface area contributed by atoms with Crippen molar-refractivity contribution in [1.82, 2.24) is 4.98 Å². The first-order valence-corrected chi connectivity index (χ1v) is 10.8. The smallest absolute Gasteiger partial charge is 0.346 e. The van der Waals surface area contributed by atoms with E-state index in [-0.39, 0.29) is 5.91 Å². The number of amides is 1. The first-order valence-electron chi connectivity index (χ1n) is 9.13. The lowest BCUT2D eigenvalue weighted by Gasteiger charge is -2.03. The highest BCUT2D eigenvalue weighted by atomic mass is 32.1. The Morgan fingerprint density at radius 2 is 1.77 bits per heavy atom. The summed E-state index contributed by atoms with van der Waals surface area (Å²) >= 11 is 2.62. The van der Waals surface area contributed by atoms with Gasteiger partial charge in [0, 0.05) is 10.9 Å². The predicted octanol–water partition coefficient (Wildman–Crippen LogP) is 5.90. The van der Waals surface area contributed by atoms with Crippen LogP contribution in [0.25, 0.3) is 32.8 Å². The number of hydrogen-bond donors (Lipinski definition) is 1. The number of carbonyl (C=O) groups excluding carboxylic acids is 1. The second-order valence-electron chi connectivity index (χ2n) is 6.48. The molecular formula is C23H14N2O3S2. The number of benzene rings is 2. The highest BCUT2D eigenvalue weighted by molar-refractivity contribution is 7.19. The van der Waals surface area contributed by atoms with Crippen molar-refractivity contribution in [2.24, 2.45) is 0 Å². The molecule has 0 spiro atoms. The van der Waals surface area contributed by atoms with Crippen LogP contribution in [-0.2, 0) is 0 Å². The van der Waals surface area contributed by atoms with E-state index in [9.17, 15) is 9.59 Å². The maximum Gasteiger partial charge on any atom is 0.346 e. The number of thiazole rings is 1. The van der Waals surface area contributed by atoms with Crippen LogP contribution in [-0.4, -0.2) is 10.9 Å². The lowest BCUT2D eigenvalue weighted by atomic mass is 10.1. The van der Waals surface area contributed by atoms with Crippen molar-refractivity contribution >= 4 is 44.6 Å². The zero-order chi connectivity index (χ0) is 20.5. The molecule has 5 aromatic rings. The van der Waals surface area contributed by atoms with Crippen molar-refractivity contribution in [3.8, 4) is 21.8 Å². The number of carbonyl (C=O) groups is 1. The summed E-state index contributed by atoms with van der Waals surface area (Å²) in [5.74, 6) is -0.206. The van der Waals surface area contributed by atoms with E-state index in [0.717, 1.165) is 10.9 Å². The van der Waals surface area contributed by atoms with Crippen LogP contribution in [0.1, 0.15) is 9.67 Å². The minimum atomic E-state index is -0.460. The number of fused-ring (bicyclic) bond motifs is 1. The van der Waals surface area contributed by atoms with Gasteiger partial charge in [-0.25, -0.2) is 9.78 Å². The van der Waals surface area contributed by atoms with E-state index in [1.807, 2.05) is 60.0 Å². The summed E-state index contributed by atoms with van der Waals surface area (Å²) in [4.78, 5) is 30.6. The minimum absolute atomic E-state index is 0.206. The Hall–Kier alpha value is -3.55. The normalized spacial score (nSPS) is 10.9. The van der Waals surface area contributed by atoms with E-state index in [1.54, 1.807) is 18.2 Å². The number of hydrogen-bond acceptors (Lipinski definition) is 6. The Morgan fingerprint density at radius 1 is 0.967 bits per heavy atom. The van der Waals surface area contributed by atoms with Crippen LogP contribution in [0, 0.1) is 0 Å². The van der Waals surface area contributed by atoms with Gasteiger partial charge in [-0.3, -0.25) is 4.79 Å². The lowest BCUT2D eigenvalue weighted by molar-refractivity contribution is 0.103. The van der Waals surface area contributed by atoms with Gasteiger partial charge >= 0.3 is 5.63 Å². The third-order valence-corrected chi connectivity index (χ3v) is 6.39. The first kappa shape index (κ1) is 18.5. The highest BCUT2D eigenvalue weighted by Gasteiger charge is 2.20. The van der Waals surface area contributed by atoms with Gasteiger partial charge in [0.25, 0.3) is 5.91 Å². The van der Waals surface area contributed by atoms with Gasteiger partial charge in [-0.1, -0.05) is 65.9 Å². The number of nitrogens with one attached hydrogen (secondary N) is 1. The van der Waals surface area contributed by atoms with Crippen LogP contribution in [0.15, 0.2) is 87.4 Å². The van der Waals surface area contributed by atoms with E-state index >= 15 is 0 Å². The number of aromatic nitrogens is 1. The SMILES string of the molecule is O=C(Nc1sc(-c2cc3ccccc3oc2=O)nc1-c1ccccc1)c1cccs1. The maximum atomic E-state index is 12.6. The number of anilines is 1. The predicted molar refractivity (Wildman–Crippen MR) is 121 cm³/mol. The molecule has 1 N–H and O–H groups in total. The van der Waals surface area contributed by atoms with Crippen LogP contribution < -0.4 is 10.9 Å². The van der Waals surface area contributed by atoms with Crippen LogP contribution in [0.3, 0.4) is 0 Å². The number of nitrogens with zero attached hydrogens (tertiary/aromatic N) is 1. The van der Waals surface area contributed by atoms with Crippen LogP contribution >= 0.6 is 22.7 Å². The number of rotatable bonds is 4. The van der Waals surface area contributed by atoms with Crippen LogP contribution in [0.2, 0.25) is 0 Å². The van der Waals surface area contributed by atoms with Gasteiger partial charge in [0.2, 0.25) is 0 Å². The number of para-hydroxylation sites is 1. The average Bonchev–Trinajstić information content (AvgIpc) is 3.44. The summed E-state index contributed by atoms with van der Waals surface area (Å²) in [7, 11) is 0. The molecule has 5 rings (SSSR count). The van der Waals surface area contributed by atoms with Crippen LogP contribution in [0.5, 0.6) is 0 Å². The molecule has 0 atom stereocenters. The van der Waals surface area contributed by atoms with Crippen molar-refractivity contribution < 1.29 is 9.21 Å². The molecule has 5 nitrogen and oxygen atoms in total. The zero-order valence-electron chi connectivity index (χ0n) is 15.5. The average molecular weight is 431 g/mol. The van der Waals surface area contributed by atoms with Crippen molar-refractivity contribution in [2.75, 3.05) is 5.32 Å². The third kappa shape index (κ3) is 3.45. The van der Waals surface area contributed by atoms with Crippen molar-refractivity contribution in [3.05, 3.63) is 93.5 Å². The second-order valence-corrected chi connectivity index (χ2v) is 8.43. The number of thiophene rings is 1.